The maximum Gasteiger partial charge on any atom is 0.307 e. The maximum atomic E-state index is 12.8. The second kappa shape index (κ2) is 10.5. The van der Waals surface area contributed by atoms with Gasteiger partial charge in [0.2, 0.25) is 5.91 Å². The van der Waals surface area contributed by atoms with Crippen molar-refractivity contribution in [3.63, 3.8) is 0 Å². The van der Waals surface area contributed by atoms with Crippen molar-refractivity contribution in [3.8, 4) is 0 Å². The summed E-state index contributed by atoms with van der Waals surface area (Å²) in [5.74, 6) is -0.725. The molecule has 0 aliphatic heterocycles. The van der Waals surface area contributed by atoms with Gasteiger partial charge in [-0.2, -0.15) is 0 Å². The number of hydrogen-bond donors (Lipinski definition) is 1. The highest BCUT2D eigenvalue weighted by atomic mass is 32.2. The van der Waals surface area contributed by atoms with E-state index in [1.165, 1.54) is 23.9 Å². The number of esters is 1. The summed E-state index contributed by atoms with van der Waals surface area (Å²) < 4.78 is 17.8. The van der Waals surface area contributed by atoms with Gasteiger partial charge in [0.15, 0.2) is 12.4 Å². The van der Waals surface area contributed by atoms with Gasteiger partial charge in [-0.3, -0.25) is 14.4 Å². The topological polar surface area (TPSA) is 72.5 Å². The first kappa shape index (κ1) is 20.6. The zero-order valence-electron chi connectivity index (χ0n) is 14.9. The van der Waals surface area contributed by atoms with Crippen molar-refractivity contribution in [1.82, 2.24) is 0 Å². The van der Waals surface area contributed by atoms with E-state index < -0.39 is 5.97 Å². The highest BCUT2D eigenvalue weighted by Crippen LogP contribution is 2.19. The molecular weight excluding hydrogens is 369 g/mol. The van der Waals surface area contributed by atoms with E-state index in [2.05, 4.69) is 5.32 Å². The highest BCUT2D eigenvalue weighted by Gasteiger charge is 2.10. The van der Waals surface area contributed by atoms with Crippen LogP contribution in [0.25, 0.3) is 0 Å². The second-order valence-corrected chi connectivity index (χ2v) is 6.78. The number of thioether (sulfide) groups is 1. The van der Waals surface area contributed by atoms with E-state index in [9.17, 15) is 18.8 Å². The summed E-state index contributed by atoms with van der Waals surface area (Å²) in [4.78, 5) is 36.0. The summed E-state index contributed by atoms with van der Waals surface area (Å²) in [5.41, 5.74) is 1.01. The van der Waals surface area contributed by atoms with E-state index in [4.69, 9.17) is 4.74 Å². The molecule has 142 valence electrons. The molecule has 2 aromatic carbocycles. The van der Waals surface area contributed by atoms with Crippen LogP contribution < -0.4 is 5.32 Å². The monoisotopic (exact) mass is 389 g/mol. The number of amides is 1. The molecule has 0 saturated carbocycles. The van der Waals surface area contributed by atoms with Crippen molar-refractivity contribution >= 4 is 35.1 Å². The minimum Gasteiger partial charge on any atom is -0.457 e. The van der Waals surface area contributed by atoms with Gasteiger partial charge < -0.3 is 10.1 Å². The normalized spacial score (nSPS) is 10.3. The summed E-state index contributed by atoms with van der Waals surface area (Å²) in [7, 11) is 0. The molecule has 0 unspecified atom stereocenters. The van der Waals surface area contributed by atoms with Crippen LogP contribution in [0, 0.1) is 5.82 Å². The average Bonchev–Trinajstić information content (AvgIpc) is 2.68. The fraction of sp³-hybridized carbons (Fsp3) is 0.250. The fourth-order valence-corrected chi connectivity index (χ4v) is 2.91. The van der Waals surface area contributed by atoms with Gasteiger partial charge in [0.25, 0.3) is 0 Å². The number of carbonyl (C=O) groups excluding carboxylic acids is 3. The predicted octanol–water partition coefficient (Wildman–Crippen LogP) is 4.08. The Bertz CT molecular complexity index is 791. The standard InChI is InChI=1S/C20H20FNO4S/c1-2-19(24)22-16-7-3-14(4-8-16)18(23)13-26-20(25)11-12-27-17-9-5-15(21)6-10-17/h3-10H,2,11-13H2,1H3,(H,22,24). The van der Waals surface area contributed by atoms with Crippen LogP contribution in [0.3, 0.4) is 0 Å². The molecular formula is C20H20FNO4S. The Balaban J connectivity index is 1.71. The summed E-state index contributed by atoms with van der Waals surface area (Å²) >= 11 is 1.41. The number of benzene rings is 2. The third-order valence-corrected chi connectivity index (χ3v) is 4.58. The van der Waals surface area contributed by atoms with Crippen molar-refractivity contribution in [3.05, 3.63) is 59.9 Å². The smallest absolute Gasteiger partial charge is 0.307 e. The number of ether oxygens (including phenoxy) is 1. The molecule has 0 aliphatic rings. The average molecular weight is 389 g/mol. The van der Waals surface area contributed by atoms with E-state index in [0.29, 0.717) is 23.4 Å². The van der Waals surface area contributed by atoms with Gasteiger partial charge in [0.05, 0.1) is 6.42 Å². The molecule has 5 nitrogen and oxygen atoms in total. The number of Topliss-reactive ketones (excluding diaryl/α,β-unsaturated/α-hetero) is 1. The molecule has 2 aromatic rings. The van der Waals surface area contributed by atoms with Gasteiger partial charge in [-0.25, -0.2) is 4.39 Å². The van der Waals surface area contributed by atoms with Gasteiger partial charge in [-0.05, 0) is 48.5 Å². The lowest BCUT2D eigenvalue weighted by atomic mass is 10.1. The van der Waals surface area contributed by atoms with Crippen LogP contribution in [0.1, 0.15) is 30.1 Å². The van der Waals surface area contributed by atoms with Crippen LogP contribution in [-0.4, -0.2) is 30.0 Å². The summed E-state index contributed by atoms with van der Waals surface area (Å²) in [5, 5.41) is 2.69. The van der Waals surface area contributed by atoms with Crippen LogP contribution >= 0.6 is 11.8 Å². The maximum absolute atomic E-state index is 12.8. The molecule has 0 radical (unpaired) electrons. The first-order valence-electron chi connectivity index (χ1n) is 8.45. The largest absolute Gasteiger partial charge is 0.457 e. The van der Waals surface area contributed by atoms with Gasteiger partial charge in [-0.1, -0.05) is 6.92 Å². The van der Waals surface area contributed by atoms with Crippen molar-refractivity contribution in [1.29, 1.82) is 0 Å². The first-order chi connectivity index (χ1) is 13.0. The van der Waals surface area contributed by atoms with Crippen LogP contribution in [0.5, 0.6) is 0 Å². The third kappa shape index (κ3) is 7.22. The van der Waals surface area contributed by atoms with Gasteiger partial charge in [-0.15, -0.1) is 11.8 Å². The van der Waals surface area contributed by atoms with E-state index in [0.717, 1.165) is 4.90 Å². The number of halogens is 1. The summed E-state index contributed by atoms with van der Waals surface area (Å²) in [6.45, 7) is 1.42. The van der Waals surface area contributed by atoms with Crippen LogP contribution in [0.15, 0.2) is 53.4 Å². The zero-order valence-corrected chi connectivity index (χ0v) is 15.7. The molecule has 2 rings (SSSR count). The van der Waals surface area contributed by atoms with Crippen LogP contribution in [0.2, 0.25) is 0 Å². The molecule has 0 saturated heterocycles. The molecule has 27 heavy (non-hydrogen) atoms. The van der Waals surface area contributed by atoms with Crippen molar-refractivity contribution < 1.29 is 23.5 Å². The minimum absolute atomic E-state index is 0.110. The van der Waals surface area contributed by atoms with Crippen molar-refractivity contribution in [2.75, 3.05) is 17.7 Å². The van der Waals surface area contributed by atoms with Crippen molar-refractivity contribution in [2.24, 2.45) is 0 Å². The number of carbonyl (C=O) groups is 3. The third-order valence-electron chi connectivity index (χ3n) is 3.56. The fourth-order valence-electron chi connectivity index (χ4n) is 2.07. The molecule has 0 bridgehead atoms. The number of anilines is 1. The lowest BCUT2D eigenvalue weighted by Crippen LogP contribution is -2.15. The van der Waals surface area contributed by atoms with Gasteiger partial charge in [0.1, 0.15) is 5.82 Å². The van der Waals surface area contributed by atoms with E-state index in [1.54, 1.807) is 43.3 Å². The lowest BCUT2D eigenvalue weighted by Gasteiger charge is -2.06. The van der Waals surface area contributed by atoms with Crippen molar-refractivity contribution in [2.45, 2.75) is 24.7 Å². The Labute approximate surface area is 161 Å². The Hall–Kier alpha value is -2.67. The number of rotatable bonds is 9. The van der Waals surface area contributed by atoms with E-state index in [-0.39, 0.29) is 30.5 Å². The van der Waals surface area contributed by atoms with E-state index in [1.807, 2.05) is 0 Å². The Morgan fingerprint density at radius 1 is 1.04 bits per heavy atom. The number of nitrogens with one attached hydrogen (secondary N) is 1. The zero-order chi connectivity index (χ0) is 19.6. The molecule has 0 aliphatic carbocycles. The summed E-state index contributed by atoms with van der Waals surface area (Å²) in [6, 6.07) is 12.4. The molecule has 0 heterocycles. The number of ketones is 1. The van der Waals surface area contributed by atoms with Gasteiger partial charge >= 0.3 is 5.97 Å². The minimum atomic E-state index is -0.468. The van der Waals surface area contributed by atoms with E-state index >= 15 is 0 Å². The summed E-state index contributed by atoms with van der Waals surface area (Å²) in [6.07, 6.45) is 0.521. The second-order valence-electron chi connectivity index (χ2n) is 5.62. The Morgan fingerprint density at radius 2 is 1.70 bits per heavy atom. The molecule has 0 fully saturated rings. The first-order valence-corrected chi connectivity index (χ1v) is 9.43. The number of hydrogen-bond acceptors (Lipinski definition) is 5. The Kier molecular flexibility index (Phi) is 8.00. The lowest BCUT2D eigenvalue weighted by molar-refractivity contribution is -0.142. The quantitative estimate of drug-likeness (QED) is 0.397. The molecule has 1 amide bonds. The molecule has 0 aromatic heterocycles. The molecule has 7 heteroatoms. The SMILES string of the molecule is CCC(=O)Nc1ccc(C(=O)COC(=O)CCSc2ccc(F)cc2)cc1. The van der Waals surface area contributed by atoms with Gasteiger partial charge in [0, 0.05) is 28.3 Å². The van der Waals surface area contributed by atoms with Crippen LogP contribution in [-0.2, 0) is 14.3 Å². The highest BCUT2D eigenvalue weighted by molar-refractivity contribution is 7.99. The molecule has 1 N–H and O–H groups in total. The van der Waals surface area contributed by atoms with Crippen LogP contribution in [0.4, 0.5) is 10.1 Å². The molecule has 0 spiro atoms. The Morgan fingerprint density at radius 3 is 2.33 bits per heavy atom. The molecule has 0 atom stereocenters. The predicted molar refractivity (Wildman–Crippen MR) is 102 cm³/mol.